The molecule has 8 rings (SSSR count). The summed E-state index contributed by atoms with van der Waals surface area (Å²) in [7, 11) is 4.25. The van der Waals surface area contributed by atoms with Gasteiger partial charge in [-0.25, -0.2) is 9.97 Å². The fraction of sp³-hybridized carbons (Fsp3) is 0.391. The number of likely N-dealkylation sites (tertiary alicyclic amines) is 2. The van der Waals surface area contributed by atoms with Crippen molar-refractivity contribution in [2.45, 2.75) is 37.8 Å². The zero-order valence-corrected chi connectivity index (χ0v) is 33.7. The average molecular weight is 781 g/mol. The fourth-order valence-corrected chi connectivity index (χ4v) is 8.39. The Bertz CT molecular complexity index is 2220. The summed E-state index contributed by atoms with van der Waals surface area (Å²) in [4.78, 5) is 41.6. The minimum Gasteiger partial charge on any atom is -0.383 e. The van der Waals surface area contributed by atoms with E-state index in [4.69, 9.17) is 9.97 Å². The Morgan fingerprint density at radius 2 is 0.897 bits per heavy atom. The lowest BCUT2D eigenvalue weighted by molar-refractivity contribution is 0.0910. The maximum Gasteiger partial charge on any atom is 0.253 e. The second-order valence-corrected chi connectivity index (χ2v) is 15.9. The Hall–Kier alpha value is -5.40. The molecular weight excluding hydrogens is 725 g/mol. The van der Waals surface area contributed by atoms with Crippen molar-refractivity contribution in [3.8, 4) is 0 Å². The third-order valence-electron chi connectivity index (χ3n) is 11.7. The van der Waals surface area contributed by atoms with Gasteiger partial charge in [-0.1, -0.05) is 60.7 Å². The van der Waals surface area contributed by atoms with Gasteiger partial charge in [-0.05, 0) is 90.2 Å². The Morgan fingerprint density at radius 3 is 1.33 bits per heavy atom. The summed E-state index contributed by atoms with van der Waals surface area (Å²) in [6, 6.07) is 28.4. The van der Waals surface area contributed by atoms with Gasteiger partial charge in [0.2, 0.25) is 0 Å². The normalized spacial score (nSPS) is 16.0. The van der Waals surface area contributed by atoms with E-state index in [1.807, 2.05) is 60.7 Å². The van der Waals surface area contributed by atoms with Crippen molar-refractivity contribution in [2.24, 2.45) is 0 Å². The molecule has 0 spiro atoms. The van der Waals surface area contributed by atoms with Gasteiger partial charge < -0.3 is 41.7 Å². The van der Waals surface area contributed by atoms with Crippen molar-refractivity contribution in [1.29, 1.82) is 0 Å². The van der Waals surface area contributed by atoms with Crippen molar-refractivity contribution in [3.05, 3.63) is 96.1 Å². The van der Waals surface area contributed by atoms with E-state index in [1.54, 1.807) is 0 Å². The van der Waals surface area contributed by atoms with Crippen LogP contribution in [0, 0.1) is 0 Å². The molecule has 2 aliphatic rings. The van der Waals surface area contributed by atoms with Crippen LogP contribution in [0.4, 0.5) is 11.4 Å². The highest BCUT2D eigenvalue weighted by Crippen LogP contribution is 2.34. The van der Waals surface area contributed by atoms with Crippen molar-refractivity contribution >= 4 is 66.8 Å². The largest absolute Gasteiger partial charge is 0.383 e. The van der Waals surface area contributed by atoms with Crippen LogP contribution in [0.1, 0.15) is 46.4 Å². The number of hydrogen-bond donors (Lipinski definition) is 6. The standard InChI is InChI=1S/C46H56N10O2/c1-55-27-17-31(18-28-55)51-45(57)37-13-7-11-35-41(33-9-3-5-15-39(33)53-43(35)37)49-25-23-47-21-22-48-24-26-50-42-34-10-4-6-16-40(34)54-44-36(42)12-8-14-38(44)46(58)52-32-19-29-56(2)30-20-32/h3-16,31-32,47-48H,17-30H2,1-2H3,(H,49,53)(H,50,54)(H,51,57)(H,52,58). The van der Waals surface area contributed by atoms with Gasteiger partial charge in [0.25, 0.3) is 11.8 Å². The van der Waals surface area contributed by atoms with Crippen LogP contribution in [0.3, 0.4) is 0 Å². The number of anilines is 2. The number of pyridine rings is 2. The van der Waals surface area contributed by atoms with Crippen molar-refractivity contribution in [1.82, 2.24) is 41.0 Å². The van der Waals surface area contributed by atoms with Gasteiger partial charge in [0.1, 0.15) is 0 Å². The molecule has 0 saturated carbocycles. The molecule has 6 N–H and O–H groups in total. The van der Waals surface area contributed by atoms with Crippen LogP contribution >= 0.6 is 0 Å². The number of aromatic nitrogens is 2. The van der Waals surface area contributed by atoms with Crippen molar-refractivity contribution in [2.75, 3.05) is 90.2 Å². The van der Waals surface area contributed by atoms with E-state index in [-0.39, 0.29) is 23.9 Å². The first-order valence-electron chi connectivity index (χ1n) is 20.9. The summed E-state index contributed by atoms with van der Waals surface area (Å²) in [5, 5.41) is 25.0. The van der Waals surface area contributed by atoms with E-state index < -0.39 is 0 Å². The molecule has 0 unspecified atom stereocenters. The number of nitrogens with one attached hydrogen (secondary N) is 6. The third kappa shape index (κ3) is 9.00. The lowest BCUT2D eigenvalue weighted by Gasteiger charge is -2.29. The quantitative estimate of drug-likeness (QED) is 0.0591. The van der Waals surface area contributed by atoms with Crippen molar-refractivity contribution < 1.29 is 9.59 Å². The highest BCUT2D eigenvalue weighted by atomic mass is 16.2. The molecule has 2 amide bonds. The highest BCUT2D eigenvalue weighted by Gasteiger charge is 2.23. The number of rotatable bonds is 15. The monoisotopic (exact) mass is 780 g/mol. The average Bonchev–Trinajstić information content (AvgIpc) is 3.24. The first-order chi connectivity index (χ1) is 28.4. The van der Waals surface area contributed by atoms with E-state index in [1.165, 1.54) is 0 Å². The zero-order chi connectivity index (χ0) is 39.8. The van der Waals surface area contributed by atoms with Crippen LogP contribution in [0.2, 0.25) is 0 Å². The predicted molar refractivity (Wildman–Crippen MR) is 237 cm³/mol. The van der Waals surface area contributed by atoms with Crippen LogP contribution in [0.15, 0.2) is 84.9 Å². The predicted octanol–water partition coefficient (Wildman–Crippen LogP) is 5.44. The van der Waals surface area contributed by atoms with E-state index in [0.717, 1.165) is 146 Å². The van der Waals surface area contributed by atoms with Crippen molar-refractivity contribution in [3.63, 3.8) is 0 Å². The molecule has 6 aromatic rings. The van der Waals surface area contributed by atoms with Crippen LogP contribution in [-0.4, -0.2) is 123 Å². The summed E-state index contributed by atoms with van der Waals surface area (Å²) in [6.07, 6.45) is 3.83. The Kier molecular flexibility index (Phi) is 12.5. The molecule has 2 aliphatic heterocycles. The molecule has 2 saturated heterocycles. The van der Waals surface area contributed by atoms with Gasteiger partial charge in [-0.2, -0.15) is 0 Å². The first kappa shape index (κ1) is 39.4. The second kappa shape index (κ2) is 18.5. The molecular formula is C46H56N10O2. The van der Waals surface area contributed by atoms with Crippen LogP contribution in [0.25, 0.3) is 43.6 Å². The lowest BCUT2D eigenvalue weighted by atomic mass is 10.0. The van der Waals surface area contributed by atoms with E-state index in [9.17, 15) is 9.59 Å². The molecule has 58 heavy (non-hydrogen) atoms. The van der Waals surface area contributed by atoms with E-state index in [2.05, 4.69) is 80.1 Å². The number of nitrogens with zero attached hydrogens (tertiary/aromatic N) is 4. The molecule has 12 nitrogen and oxygen atoms in total. The minimum atomic E-state index is -0.0578. The zero-order valence-electron chi connectivity index (χ0n) is 33.7. The molecule has 302 valence electrons. The molecule has 0 radical (unpaired) electrons. The highest BCUT2D eigenvalue weighted by molar-refractivity contribution is 6.15. The van der Waals surface area contributed by atoms with Gasteiger partial charge in [-0.3, -0.25) is 9.59 Å². The number of carbonyl (C=O) groups excluding carboxylic acids is 2. The summed E-state index contributed by atoms with van der Waals surface area (Å²) in [6.45, 7) is 8.58. The number of fused-ring (bicyclic) bond motifs is 4. The third-order valence-corrected chi connectivity index (χ3v) is 11.7. The van der Waals surface area contributed by atoms with Crippen LogP contribution in [-0.2, 0) is 0 Å². The molecule has 0 atom stereocenters. The van der Waals surface area contributed by atoms with Gasteiger partial charge in [-0.15, -0.1) is 0 Å². The molecule has 12 heteroatoms. The second-order valence-electron chi connectivity index (χ2n) is 15.9. The maximum atomic E-state index is 13.5. The lowest BCUT2D eigenvalue weighted by Crippen LogP contribution is -2.43. The Morgan fingerprint density at radius 1 is 0.517 bits per heavy atom. The van der Waals surface area contributed by atoms with E-state index in [0.29, 0.717) is 11.1 Å². The summed E-state index contributed by atoms with van der Waals surface area (Å²) in [5.74, 6) is -0.116. The molecule has 4 heterocycles. The molecule has 2 fully saturated rings. The van der Waals surface area contributed by atoms with E-state index >= 15 is 0 Å². The number of carbonyl (C=O) groups is 2. The van der Waals surface area contributed by atoms with Crippen LogP contribution in [0.5, 0.6) is 0 Å². The van der Waals surface area contributed by atoms with Gasteiger partial charge in [0, 0.05) is 72.9 Å². The number of amides is 2. The number of benzene rings is 4. The first-order valence-corrected chi connectivity index (χ1v) is 20.9. The van der Waals surface area contributed by atoms with Gasteiger partial charge >= 0.3 is 0 Å². The fourth-order valence-electron chi connectivity index (χ4n) is 8.39. The van der Waals surface area contributed by atoms with Crippen LogP contribution < -0.4 is 31.9 Å². The number of hydrogen-bond acceptors (Lipinski definition) is 10. The Labute approximate surface area is 340 Å². The topological polar surface area (TPSA) is 139 Å². The minimum absolute atomic E-state index is 0.0578. The Balaban J connectivity index is 0.841. The number of para-hydroxylation sites is 4. The molecule has 0 aliphatic carbocycles. The van der Waals surface area contributed by atoms with Gasteiger partial charge in [0.05, 0.1) is 44.6 Å². The maximum absolute atomic E-state index is 13.5. The number of piperidine rings is 2. The summed E-state index contributed by atoms with van der Waals surface area (Å²) < 4.78 is 0. The smallest absolute Gasteiger partial charge is 0.253 e. The SMILES string of the molecule is CN1CCC(NC(=O)c2cccc3c(NCCNCCNCCNc4c5ccccc5nc5c(C(=O)NC6CCN(C)CC6)cccc45)c4ccccc4nc23)CC1. The van der Waals surface area contributed by atoms with Gasteiger partial charge in [0.15, 0.2) is 0 Å². The molecule has 2 aromatic heterocycles. The molecule has 4 aromatic carbocycles. The molecule has 0 bridgehead atoms. The summed E-state index contributed by atoms with van der Waals surface area (Å²) >= 11 is 0. The summed E-state index contributed by atoms with van der Waals surface area (Å²) in [5.41, 5.74) is 6.41.